The lowest BCUT2D eigenvalue weighted by Gasteiger charge is -2.16. The number of nitrogens with two attached hydrogens (primary N) is 1. The maximum absolute atomic E-state index is 5.82. The summed E-state index contributed by atoms with van der Waals surface area (Å²) in [5.74, 6) is 0. The summed E-state index contributed by atoms with van der Waals surface area (Å²) >= 11 is 3.39. The highest BCUT2D eigenvalue weighted by Crippen LogP contribution is 2.19. The zero-order valence-corrected chi connectivity index (χ0v) is 10.7. The highest BCUT2D eigenvalue weighted by Gasteiger charge is 2.12. The van der Waals surface area contributed by atoms with Crippen LogP contribution >= 0.6 is 15.9 Å². The predicted molar refractivity (Wildman–Crippen MR) is 68.3 cm³/mol. The van der Waals surface area contributed by atoms with Gasteiger partial charge in [-0.1, -0.05) is 29.8 Å². The standard InChI is InChI=1S/C12H14BrN3/c1-9-3-2-4-10(5-9)12(6-14)16-8-11(13)7-15-16/h2-5,7-8,12H,6,14H2,1H3. The lowest BCUT2D eigenvalue weighted by Crippen LogP contribution is -2.20. The molecule has 0 bridgehead atoms. The van der Waals surface area contributed by atoms with Gasteiger partial charge in [0.15, 0.2) is 0 Å². The van der Waals surface area contributed by atoms with E-state index in [-0.39, 0.29) is 6.04 Å². The van der Waals surface area contributed by atoms with Gasteiger partial charge in [0.05, 0.1) is 16.7 Å². The van der Waals surface area contributed by atoms with Gasteiger partial charge in [-0.3, -0.25) is 4.68 Å². The van der Waals surface area contributed by atoms with Crippen LogP contribution in [0.1, 0.15) is 17.2 Å². The Labute approximate surface area is 103 Å². The maximum atomic E-state index is 5.82. The monoisotopic (exact) mass is 279 g/mol. The van der Waals surface area contributed by atoms with Crippen molar-refractivity contribution < 1.29 is 0 Å². The summed E-state index contributed by atoms with van der Waals surface area (Å²) in [6.07, 6.45) is 3.72. The Kier molecular flexibility index (Phi) is 3.41. The van der Waals surface area contributed by atoms with Crippen molar-refractivity contribution in [2.24, 2.45) is 5.73 Å². The van der Waals surface area contributed by atoms with Crippen molar-refractivity contribution >= 4 is 15.9 Å². The minimum atomic E-state index is 0.103. The summed E-state index contributed by atoms with van der Waals surface area (Å²) in [6.45, 7) is 2.62. The smallest absolute Gasteiger partial charge is 0.0891 e. The lowest BCUT2D eigenvalue weighted by atomic mass is 10.0. The summed E-state index contributed by atoms with van der Waals surface area (Å²) < 4.78 is 2.86. The van der Waals surface area contributed by atoms with E-state index >= 15 is 0 Å². The van der Waals surface area contributed by atoms with Crippen LogP contribution in [-0.2, 0) is 0 Å². The van der Waals surface area contributed by atoms with Gasteiger partial charge in [-0.15, -0.1) is 0 Å². The molecule has 2 rings (SSSR count). The lowest BCUT2D eigenvalue weighted by molar-refractivity contribution is 0.531. The van der Waals surface area contributed by atoms with Gasteiger partial charge < -0.3 is 5.73 Å². The van der Waals surface area contributed by atoms with Gasteiger partial charge in [-0.05, 0) is 28.4 Å². The third-order valence-electron chi connectivity index (χ3n) is 2.54. The number of nitrogens with zero attached hydrogens (tertiary/aromatic N) is 2. The highest BCUT2D eigenvalue weighted by molar-refractivity contribution is 9.10. The second kappa shape index (κ2) is 4.80. The van der Waals surface area contributed by atoms with E-state index < -0.39 is 0 Å². The Morgan fingerprint density at radius 1 is 1.50 bits per heavy atom. The molecule has 0 radical (unpaired) electrons. The largest absolute Gasteiger partial charge is 0.328 e. The van der Waals surface area contributed by atoms with Gasteiger partial charge in [0.1, 0.15) is 0 Å². The van der Waals surface area contributed by atoms with Gasteiger partial charge in [0.2, 0.25) is 0 Å². The van der Waals surface area contributed by atoms with E-state index in [2.05, 4.69) is 46.2 Å². The van der Waals surface area contributed by atoms with E-state index in [1.165, 1.54) is 11.1 Å². The summed E-state index contributed by atoms with van der Waals surface area (Å²) in [6, 6.07) is 8.46. The number of halogens is 1. The van der Waals surface area contributed by atoms with E-state index in [0.29, 0.717) is 6.54 Å². The third-order valence-corrected chi connectivity index (χ3v) is 2.95. The van der Waals surface area contributed by atoms with Crippen molar-refractivity contribution in [1.29, 1.82) is 0 Å². The summed E-state index contributed by atoms with van der Waals surface area (Å²) in [7, 11) is 0. The normalized spacial score (nSPS) is 12.7. The first-order valence-electron chi connectivity index (χ1n) is 5.17. The summed E-state index contributed by atoms with van der Waals surface area (Å²) in [4.78, 5) is 0. The average Bonchev–Trinajstić information content (AvgIpc) is 2.66. The zero-order valence-electron chi connectivity index (χ0n) is 9.10. The molecule has 0 saturated heterocycles. The van der Waals surface area contributed by atoms with Gasteiger partial charge in [-0.25, -0.2) is 0 Å². The molecule has 1 unspecified atom stereocenters. The molecule has 2 N–H and O–H groups in total. The molecule has 0 spiro atoms. The van der Waals surface area contributed by atoms with Crippen molar-refractivity contribution in [3.63, 3.8) is 0 Å². The van der Waals surface area contributed by atoms with Crippen LogP contribution in [-0.4, -0.2) is 16.3 Å². The van der Waals surface area contributed by atoms with E-state index in [0.717, 1.165) is 4.47 Å². The van der Waals surface area contributed by atoms with E-state index in [9.17, 15) is 0 Å². The second-order valence-electron chi connectivity index (χ2n) is 3.80. The fraction of sp³-hybridized carbons (Fsp3) is 0.250. The molecule has 84 valence electrons. The maximum Gasteiger partial charge on any atom is 0.0891 e. The molecule has 2 aromatic rings. The van der Waals surface area contributed by atoms with Crippen LogP contribution in [0, 0.1) is 6.92 Å². The topological polar surface area (TPSA) is 43.8 Å². The molecule has 0 aliphatic rings. The van der Waals surface area contributed by atoms with E-state index in [4.69, 9.17) is 5.73 Å². The van der Waals surface area contributed by atoms with Crippen molar-refractivity contribution in [2.75, 3.05) is 6.54 Å². The Morgan fingerprint density at radius 3 is 2.88 bits per heavy atom. The molecule has 0 aliphatic heterocycles. The van der Waals surface area contributed by atoms with Crippen LogP contribution in [0.4, 0.5) is 0 Å². The molecule has 4 heteroatoms. The molecule has 1 aromatic heterocycles. The minimum Gasteiger partial charge on any atom is -0.328 e. The van der Waals surface area contributed by atoms with E-state index in [1.807, 2.05) is 16.9 Å². The fourth-order valence-corrected chi connectivity index (χ4v) is 2.06. The Bertz CT molecular complexity index is 479. The van der Waals surface area contributed by atoms with Crippen LogP contribution in [0.3, 0.4) is 0 Å². The first-order valence-corrected chi connectivity index (χ1v) is 5.96. The van der Waals surface area contributed by atoms with Gasteiger partial charge in [0.25, 0.3) is 0 Å². The van der Waals surface area contributed by atoms with Crippen molar-refractivity contribution in [3.8, 4) is 0 Å². The molecule has 0 fully saturated rings. The number of benzene rings is 1. The third kappa shape index (κ3) is 2.33. The number of rotatable bonds is 3. The number of aromatic nitrogens is 2. The summed E-state index contributed by atoms with van der Waals surface area (Å²) in [5, 5.41) is 4.28. The van der Waals surface area contributed by atoms with Gasteiger partial charge in [-0.2, -0.15) is 5.10 Å². The Hall–Kier alpha value is -1.13. The zero-order chi connectivity index (χ0) is 11.5. The van der Waals surface area contributed by atoms with Crippen LogP contribution in [0.5, 0.6) is 0 Å². The van der Waals surface area contributed by atoms with Crippen molar-refractivity contribution in [1.82, 2.24) is 9.78 Å². The Morgan fingerprint density at radius 2 is 2.31 bits per heavy atom. The fourth-order valence-electron chi connectivity index (χ4n) is 1.76. The van der Waals surface area contributed by atoms with E-state index in [1.54, 1.807) is 6.20 Å². The molecule has 16 heavy (non-hydrogen) atoms. The highest BCUT2D eigenvalue weighted by atomic mass is 79.9. The number of hydrogen-bond acceptors (Lipinski definition) is 2. The first-order chi connectivity index (χ1) is 7.70. The molecule has 1 aromatic carbocycles. The Balaban J connectivity index is 2.36. The quantitative estimate of drug-likeness (QED) is 0.938. The van der Waals surface area contributed by atoms with Crippen LogP contribution in [0.2, 0.25) is 0 Å². The summed E-state index contributed by atoms with van der Waals surface area (Å²) in [5.41, 5.74) is 8.25. The average molecular weight is 280 g/mol. The molecular weight excluding hydrogens is 266 g/mol. The first kappa shape index (κ1) is 11.4. The molecule has 3 nitrogen and oxygen atoms in total. The number of aryl methyl sites for hydroxylation is 1. The SMILES string of the molecule is Cc1cccc(C(CN)n2cc(Br)cn2)c1. The molecule has 0 aliphatic carbocycles. The molecule has 1 atom stereocenters. The van der Waals surface area contributed by atoms with Gasteiger partial charge >= 0.3 is 0 Å². The van der Waals surface area contributed by atoms with Crippen LogP contribution < -0.4 is 5.73 Å². The van der Waals surface area contributed by atoms with Crippen LogP contribution in [0.25, 0.3) is 0 Å². The van der Waals surface area contributed by atoms with Crippen molar-refractivity contribution in [2.45, 2.75) is 13.0 Å². The minimum absolute atomic E-state index is 0.103. The predicted octanol–water partition coefficient (Wildman–Crippen LogP) is 2.50. The molecule has 1 heterocycles. The van der Waals surface area contributed by atoms with Gasteiger partial charge in [0, 0.05) is 12.7 Å². The molecular formula is C12H14BrN3. The molecule has 0 saturated carbocycles. The van der Waals surface area contributed by atoms with Crippen molar-refractivity contribution in [3.05, 3.63) is 52.3 Å². The number of hydrogen-bond donors (Lipinski definition) is 1. The second-order valence-corrected chi connectivity index (χ2v) is 4.72. The van der Waals surface area contributed by atoms with Crippen LogP contribution in [0.15, 0.2) is 41.1 Å². The molecule has 0 amide bonds.